The Morgan fingerprint density at radius 2 is 1.64 bits per heavy atom. The highest BCUT2D eigenvalue weighted by atomic mass is 32.2. The predicted molar refractivity (Wildman–Crippen MR) is 232 cm³/mol. The molecule has 2 aliphatic rings. The summed E-state index contributed by atoms with van der Waals surface area (Å²) in [5.41, 5.74) is 13.3. The SMILES string of the molecule is CCNOOOSc1ccc2c(c1)C(C)(C)C(C=CC=C(C=C/C=C1/N(CCCCS(=O)(=O)ONCC)c3ccc(C)cc3C1(C)C)CC)=[N+]2CCCCS(=O)(=O)O. The summed E-state index contributed by atoms with van der Waals surface area (Å²) >= 11 is 1.03. The lowest BCUT2D eigenvalue weighted by Gasteiger charge is -2.27. The van der Waals surface area contributed by atoms with Crippen LogP contribution in [0.25, 0.3) is 0 Å². The standard InChI is InChI=1S/C42H60N4O9S3/c1-9-33(18-16-20-39-41(5,6)35-30-32(4)22-24-37(35)45(39)27-13-15-29-58(50,51)53-44-11-3)19-17-21-40-42(7,8)36-31-34(56-55-54-52-43-10-2)23-25-38(36)46(40)26-12-14-28-57(47,48)49/h16-25,30-31,43-44H,9-15,26-29H2,1-8H3/p+1. The van der Waals surface area contributed by atoms with E-state index in [1.807, 2.05) is 19.1 Å². The fraction of sp³-hybridized carbons (Fsp3) is 0.500. The van der Waals surface area contributed by atoms with Gasteiger partial charge in [-0.2, -0.15) is 36.7 Å². The van der Waals surface area contributed by atoms with Crippen molar-refractivity contribution in [2.45, 2.75) is 103 Å². The van der Waals surface area contributed by atoms with E-state index >= 15 is 0 Å². The van der Waals surface area contributed by atoms with Gasteiger partial charge in [0.25, 0.3) is 20.2 Å². The van der Waals surface area contributed by atoms with Crippen molar-refractivity contribution in [3.8, 4) is 0 Å². The molecule has 2 heterocycles. The maximum atomic E-state index is 12.3. The van der Waals surface area contributed by atoms with Crippen molar-refractivity contribution >= 4 is 49.4 Å². The van der Waals surface area contributed by atoms with Gasteiger partial charge in [-0.25, -0.2) is 0 Å². The number of nitrogens with one attached hydrogen (secondary N) is 2. The number of unbranched alkanes of at least 4 members (excludes halogenated alkanes) is 2. The fourth-order valence-electron chi connectivity index (χ4n) is 7.24. The quantitative estimate of drug-likeness (QED) is 0.0177. The minimum atomic E-state index is -4.05. The van der Waals surface area contributed by atoms with Gasteiger partial charge in [-0.1, -0.05) is 76.6 Å². The van der Waals surface area contributed by atoms with E-state index in [2.05, 4.69) is 123 Å². The summed E-state index contributed by atoms with van der Waals surface area (Å²) in [7, 11) is -7.68. The van der Waals surface area contributed by atoms with Crippen LogP contribution in [0.2, 0.25) is 0 Å². The van der Waals surface area contributed by atoms with Crippen LogP contribution >= 0.6 is 12.0 Å². The number of fused-ring (bicyclic) bond motifs is 2. The molecule has 16 heteroatoms. The third-order valence-electron chi connectivity index (χ3n) is 10.2. The molecule has 0 fully saturated rings. The zero-order chi connectivity index (χ0) is 42.6. The number of rotatable bonds is 24. The number of aryl methyl sites for hydroxylation is 1. The van der Waals surface area contributed by atoms with Gasteiger partial charge in [0, 0.05) is 65.5 Å². The largest absolute Gasteiger partial charge is 0.344 e. The van der Waals surface area contributed by atoms with Gasteiger partial charge < -0.3 is 4.90 Å². The molecule has 0 unspecified atom stereocenters. The third kappa shape index (κ3) is 12.9. The second kappa shape index (κ2) is 21.4. The van der Waals surface area contributed by atoms with Gasteiger partial charge in [-0.3, -0.25) is 4.55 Å². The van der Waals surface area contributed by atoms with Gasteiger partial charge in [0.15, 0.2) is 5.71 Å². The normalized spacial score (nSPS) is 17.4. The zero-order valence-electron chi connectivity index (χ0n) is 35.0. The Hall–Kier alpha value is -3.16. The van der Waals surface area contributed by atoms with E-state index < -0.39 is 25.7 Å². The first-order chi connectivity index (χ1) is 27.4. The van der Waals surface area contributed by atoms with E-state index in [9.17, 15) is 21.4 Å². The van der Waals surface area contributed by atoms with Gasteiger partial charge in [-0.05, 0) is 86.9 Å². The van der Waals surface area contributed by atoms with E-state index in [0.29, 0.717) is 51.9 Å². The topological polar surface area (TPSA) is 156 Å². The summed E-state index contributed by atoms with van der Waals surface area (Å²) < 4.78 is 68.9. The van der Waals surface area contributed by atoms with Crippen LogP contribution in [0.15, 0.2) is 89.0 Å². The first kappa shape index (κ1) is 47.5. The lowest BCUT2D eigenvalue weighted by molar-refractivity contribution is -0.486. The van der Waals surface area contributed by atoms with Crippen LogP contribution in [0.5, 0.6) is 0 Å². The highest BCUT2D eigenvalue weighted by Gasteiger charge is 2.44. The summed E-state index contributed by atoms with van der Waals surface area (Å²) in [5.74, 6) is -0.340. The van der Waals surface area contributed by atoms with Gasteiger partial charge in [0.05, 0.1) is 29.0 Å². The molecule has 2 aromatic rings. The molecule has 2 aromatic carbocycles. The molecule has 0 amide bonds. The third-order valence-corrected chi connectivity index (χ3v) is 12.8. The molecular weight excluding hydrogens is 801 g/mol. The maximum Gasteiger partial charge on any atom is 0.283 e. The molecule has 0 bridgehead atoms. The van der Waals surface area contributed by atoms with Crippen molar-refractivity contribution in [3.05, 3.63) is 101 Å². The first-order valence-electron chi connectivity index (χ1n) is 19.9. The minimum Gasteiger partial charge on any atom is -0.344 e. The van der Waals surface area contributed by atoms with Crippen LogP contribution in [-0.4, -0.2) is 69.4 Å². The van der Waals surface area contributed by atoms with E-state index in [-0.39, 0.29) is 16.9 Å². The molecule has 0 saturated carbocycles. The Bertz CT molecular complexity index is 2110. The van der Waals surface area contributed by atoms with Crippen LogP contribution in [0.3, 0.4) is 0 Å². The summed E-state index contributed by atoms with van der Waals surface area (Å²) in [6, 6.07) is 12.5. The first-order valence-corrected chi connectivity index (χ1v) is 23.8. The maximum absolute atomic E-state index is 12.3. The predicted octanol–water partition coefficient (Wildman–Crippen LogP) is 8.23. The highest BCUT2D eigenvalue weighted by Crippen LogP contribution is 2.48. The number of hydrogen-bond acceptors (Lipinski definition) is 12. The van der Waals surface area contributed by atoms with Crippen LogP contribution in [0, 0.1) is 6.92 Å². The minimum absolute atomic E-state index is 0.0546. The van der Waals surface area contributed by atoms with Crippen LogP contribution in [-0.2, 0) is 49.7 Å². The molecule has 2 aliphatic heterocycles. The number of hydrogen-bond donors (Lipinski definition) is 3. The number of anilines is 1. The van der Waals surface area contributed by atoms with Crippen LogP contribution in [0.1, 0.15) is 97.3 Å². The van der Waals surface area contributed by atoms with Crippen molar-refractivity contribution in [2.24, 2.45) is 0 Å². The number of benzene rings is 2. The molecule has 0 aliphatic carbocycles. The van der Waals surface area contributed by atoms with Gasteiger partial charge in [0.1, 0.15) is 6.54 Å². The molecule has 320 valence electrons. The second-order valence-electron chi connectivity index (χ2n) is 15.3. The lowest BCUT2D eigenvalue weighted by atomic mass is 9.81. The van der Waals surface area contributed by atoms with Crippen molar-refractivity contribution in [1.82, 2.24) is 11.0 Å². The Morgan fingerprint density at radius 3 is 2.34 bits per heavy atom. The highest BCUT2D eigenvalue weighted by molar-refractivity contribution is 7.94. The summed E-state index contributed by atoms with van der Waals surface area (Å²) in [6.45, 7) is 18.8. The summed E-state index contributed by atoms with van der Waals surface area (Å²) in [6.07, 6.45) is 15.5. The Balaban J connectivity index is 1.57. The molecule has 0 saturated heterocycles. The molecule has 0 aromatic heterocycles. The number of allylic oxidation sites excluding steroid dienone is 8. The molecule has 13 nitrogen and oxygen atoms in total. The van der Waals surface area contributed by atoms with Crippen LogP contribution in [0.4, 0.5) is 11.4 Å². The zero-order valence-corrected chi connectivity index (χ0v) is 37.5. The molecule has 3 N–H and O–H groups in total. The fourth-order valence-corrected chi connectivity index (χ4v) is 9.17. The molecule has 0 atom stereocenters. The van der Waals surface area contributed by atoms with Crippen molar-refractivity contribution in [3.63, 3.8) is 0 Å². The summed E-state index contributed by atoms with van der Waals surface area (Å²) in [4.78, 5) is 7.86. The molecule has 0 spiro atoms. The molecular formula is C42H61N4O9S3+. The molecule has 0 radical (unpaired) electrons. The van der Waals surface area contributed by atoms with Crippen LogP contribution < -0.4 is 15.9 Å². The van der Waals surface area contributed by atoms with E-state index in [1.54, 1.807) is 6.92 Å². The monoisotopic (exact) mass is 861 g/mol. The number of nitrogens with zero attached hydrogens (tertiary/aromatic N) is 2. The van der Waals surface area contributed by atoms with Crippen molar-refractivity contribution in [2.75, 3.05) is 42.6 Å². The van der Waals surface area contributed by atoms with Gasteiger partial charge in [-0.15, -0.1) is 9.32 Å². The van der Waals surface area contributed by atoms with Crippen molar-refractivity contribution < 1.29 is 44.6 Å². The van der Waals surface area contributed by atoms with Crippen molar-refractivity contribution in [1.29, 1.82) is 0 Å². The second-order valence-corrected chi connectivity index (χ2v) is 19.4. The number of hydroxylamine groups is 2. The van der Waals surface area contributed by atoms with E-state index in [0.717, 1.165) is 57.3 Å². The van der Waals surface area contributed by atoms with E-state index in [1.165, 1.54) is 11.1 Å². The smallest absolute Gasteiger partial charge is 0.283 e. The molecule has 58 heavy (non-hydrogen) atoms. The van der Waals surface area contributed by atoms with Gasteiger partial charge >= 0.3 is 0 Å². The Labute approximate surface area is 350 Å². The van der Waals surface area contributed by atoms with Gasteiger partial charge in [0.2, 0.25) is 5.69 Å². The summed E-state index contributed by atoms with van der Waals surface area (Å²) in [5, 5.41) is 4.72. The average Bonchev–Trinajstić information content (AvgIpc) is 3.50. The average molecular weight is 862 g/mol. The molecule has 4 rings (SSSR count). The Morgan fingerprint density at radius 1 is 0.897 bits per heavy atom. The Kier molecular flexibility index (Phi) is 17.5. The van der Waals surface area contributed by atoms with E-state index in [4.69, 9.17) is 18.6 Å². The lowest BCUT2D eigenvalue weighted by Crippen LogP contribution is -2.28.